The second-order valence-corrected chi connectivity index (χ2v) is 1.63. The summed E-state index contributed by atoms with van der Waals surface area (Å²) in [6.45, 7) is 2.01. The van der Waals surface area contributed by atoms with Crippen molar-refractivity contribution in [3.8, 4) is 0 Å². The van der Waals surface area contributed by atoms with E-state index in [-0.39, 0.29) is 0 Å². The molecule has 0 spiro atoms. The Morgan fingerprint density at radius 1 is 0.700 bits per heavy atom. The molecule has 0 saturated carbocycles. The first kappa shape index (κ1) is 9.84. The van der Waals surface area contributed by atoms with Crippen molar-refractivity contribution < 1.29 is 19.2 Å². The van der Waals surface area contributed by atoms with Crippen LogP contribution in [0.1, 0.15) is 0 Å². The molecule has 0 aliphatic heterocycles. The average Bonchev–Trinajstić information content (AvgIpc) is 1.97. The minimum atomic E-state index is 0.459. The molecular weight excluding hydrogens is 136 g/mol. The molecule has 0 atom stereocenters. The molecule has 0 aliphatic rings. The fourth-order valence-electron chi connectivity index (χ4n) is 0.353. The van der Waals surface area contributed by atoms with Crippen LogP contribution in [-0.2, 0) is 19.2 Å². The van der Waals surface area contributed by atoms with E-state index in [0.717, 1.165) is 0 Å². The molecule has 0 aromatic rings. The summed E-state index contributed by atoms with van der Waals surface area (Å²) >= 11 is 0. The Morgan fingerprint density at radius 2 is 1.10 bits per heavy atom. The third-order valence-corrected chi connectivity index (χ3v) is 0.825. The predicted octanol–water partition coefficient (Wildman–Crippen LogP) is 0.227. The molecule has 0 amide bonds. The minimum absolute atomic E-state index is 0.459. The number of methoxy groups -OCH3 is 2. The number of hydrogen-bond acceptors (Lipinski definition) is 4. The molecule has 0 radical (unpaired) electrons. The van der Waals surface area contributed by atoms with E-state index in [1.165, 1.54) is 0 Å². The quantitative estimate of drug-likeness (QED) is 0.296. The van der Waals surface area contributed by atoms with Crippen LogP contribution in [0.2, 0.25) is 0 Å². The van der Waals surface area contributed by atoms with Crippen LogP contribution in [0.5, 0.6) is 0 Å². The van der Waals surface area contributed by atoms with Crippen molar-refractivity contribution in [2.75, 3.05) is 40.6 Å². The van der Waals surface area contributed by atoms with Gasteiger partial charge in [0.15, 0.2) is 0 Å². The number of hydrogen-bond donors (Lipinski definition) is 0. The minimum Gasteiger partial charge on any atom is -0.382 e. The highest BCUT2D eigenvalue weighted by atomic mass is 17.2. The Bertz CT molecular complexity index is 49.7. The topological polar surface area (TPSA) is 36.9 Å². The fourth-order valence-corrected chi connectivity index (χ4v) is 0.353. The highest BCUT2D eigenvalue weighted by molar-refractivity contribution is 4.20. The molecule has 10 heavy (non-hydrogen) atoms. The zero-order chi connectivity index (χ0) is 7.66. The maximum Gasteiger partial charge on any atom is 0.106 e. The summed E-state index contributed by atoms with van der Waals surface area (Å²) in [5.74, 6) is 0. The molecule has 4 nitrogen and oxygen atoms in total. The van der Waals surface area contributed by atoms with Crippen molar-refractivity contribution in [1.82, 2.24) is 0 Å². The van der Waals surface area contributed by atoms with E-state index in [2.05, 4.69) is 9.78 Å². The lowest BCUT2D eigenvalue weighted by Gasteiger charge is -2.01. The summed E-state index contributed by atoms with van der Waals surface area (Å²) in [6.07, 6.45) is 0. The van der Waals surface area contributed by atoms with E-state index in [9.17, 15) is 0 Å². The van der Waals surface area contributed by atoms with E-state index in [4.69, 9.17) is 9.47 Å². The zero-order valence-corrected chi connectivity index (χ0v) is 6.46. The van der Waals surface area contributed by atoms with Gasteiger partial charge in [-0.05, 0) is 0 Å². The molecule has 0 bridgehead atoms. The Morgan fingerprint density at radius 3 is 1.40 bits per heavy atom. The molecule has 0 heterocycles. The Kier molecular flexibility index (Phi) is 8.70. The molecule has 0 saturated heterocycles. The second-order valence-electron chi connectivity index (χ2n) is 1.63. The van der Waals surface area contributed by atoms with Crippen molar-refractivity contribution in [1.29, 1.82) is 0 Å². The van der Waals surface area contributed by atoms with Crippen LogP contribution in [0.4, 0.5) is 0 Å². The van der Waals surface area contributed by atoms with Crippen LogP contribution >= 0.6 is 0 Å². The van der Waals surface area contributed by atoms with Crippen LogP contribution in [0.15, 0.2) is 0 Å². The first-order chi connectivity index (χ1) is 4.91. The van der Waals surface area contributed by atoms with E-state index in [1.807, 2.05) is 0 Å². The molecule has 0 aliphatic carbocycles. The van der Waals surface area contributed by atoms with Crippen LogP contribution < -0.4 is 0 Å². The molecule has 62 valence electrons. The van der Waals surface area contributed by atoms with Gasteiger partial charge in [0.05, 0.1) is 13.2 Å². The van der Waals surface area contributed by atoms with Gasteiger partial charge in [-0.2, -0.15) is 0 Å². The summed E-state index contributed by atoms with van der Waals surface area (Å²) in [4.78, 5) is 9.34. The Labute approximate surface area is 60.9 Å². The van der Waals surface area contributed by atoms with Gasteiger partial charge in [0.2, 0.25) is 0 Å². The molecular formula is C6H14O4. The van der Waals surface area contributed by atoms with Crippen LogP contribution in [0.3, 0.4) is 0 Å². The lowest BCUT2D eigenvalue weighted by Crippen LogP contribution is -2.06. The average molecular weight is 150 g/mol. The number of ether oxygens (including phenoxy) is 2. The first-order valence-electron chi connectivity index (χ1n) is 3.14. The van der Waals surface area contributed by atoms with Crippen molar-refractivity contribution in [3.63, 3.8) is 0 Å². The number of rotatable bonds is 7. The molecule has 0 N–H and O–H groups in total. The zero-order valence-electron chi connectivity index (χ0n) is 6.46. The maximum atomic E-state index is 4.71. The summed E-state index contributed by atoms with van der Waals surface area (Å²) in [5.41, 5.74) is 0. The second kappa shape index (κ2) is 8.84. The molecule has 0 aromatic heterocycles. The van der Waals surface area contributed by atoms with Crippen LogP contribution in [0.25, 0.3) is 0 Å². The summed E-state index contributed by atoms with van der Waals surface area (Å²) < 4.78 is 9.42. The van der Waals surface area contributed by atoms with E-state index in [1.54, 1.807) is 14.2 Å². The van der Waals surface area contributed by atoms with Gasteiger partial charge in [-0.3, -0.25) is 0 Å². The molecule has 4 heteroatoms. The summed E-state index contributed by atoms with van der Waals surface area (Å²) in [7, 11) is 3.22. The van der Waals surface area contributed by atoms with Gasteiger partial charge in [-0.1, -0.05) is 0 Å². The highest BCUT2D eigenvalue weighted by Gasteiger charge is 1.86. The standard InChI is InChI=1S/C6H14O4/c1-7-3-5-9-10-6-4-8-2/h3-6H2,1-2H3. The first-order valence-corrected chi connectivity index (χ1v) is 3.14. The van der Waals surface area contributed by atoms with E-state index < -0.39 is 0 Å². The highest BCUT2D eigenvalue weighted by Crippen LogP contribution is 1.79. The SMILES string of the molecule is COCCOOCCOC. The molecule has 0 unspecified atom stereocenters. The molecule has 0 aromatic carbocycles. The van der Waals surface area contributed by atoms with E-state index >= 15 is 0 Å². The van der Waals surface area contributed by atoms with Crippen molar-refractivity contribution in [3.05, 3.63) is 0 Å². The third-order valence-electron chi connectivity index (χ3n) is 0.825. The van der Waals surface area contributed by atoms with Crippen LogP contribution in [0, 0.1) is 0 Å². The van der Waals surface area contributed by atoms with Gasteiger partial charge in [-0.15, -0.1) is 0 Å². The Hall–Kier alpha value is -0.160. The fraction of sp³-hybridized carbons (Fsp3) is 1.00. The van der Waals surface area contributed by atoms with Gasteiger partial charge >= 0.3 is 0 Å². The molecule has 0 fully saturated rings. The Balaban J connectivity index is 2.65. The predicted molar refractivity (Wildman–Crippen MR) is 35.7 cm³/mol. The van der Waals surface area contributed by atoms with E-state index in [0.29, 0.717) is 26.4 Å². The largest absolute Gasteiger partial charge is 0.382 e. The lowest BCUT2D eigenvalue weighted by atomic mass is 10.8. The third kappa shape index (κ3) is 7.84. The monoisotopic (exact) mass is 150 g/mol. The smallest absolute Gasteiger partial charge is 0.106 e. The molecule has 0 rings (SSSR count). The van der Waals surface area contributed by atoms with Gasteiger partial charge in [0.1, 0.15) is 13.2 Å². The maximum absolute atomic E-state index is 4.71. The van der Waals surface area contributed by atoms with Crippen molar-refractivity contribution >= 4 is 0 Å². The van der Waals surface area contributed by atoms with Gasteiger partial charge in [0.25, 0.3) is 0 Å². The van der Waals surface area contributed by atoms with Gasteiger partial charge in [-0.25, -0.2) is 9.78 Å². The van der Waals surface area contributed by atoms with Gasteiger partial charge in [0, 0.05) is 14.2 Å². The van der Waals surface area contributed by atoms with Gasteiger partial charge < -0.3 is 9.47 Å². The summed E-state index contributed by atoms with van der Waals surface area (Å²) in [6, 6.07) is 0. The normalized spacial score (nSPS) is 10.2. The van der Waals surface area contributed by atoms with Crippen molar-refractivity contribution in [2.45, 2.75) is 0 Å². The summed E-state index contributed by atoms with van der Waals surface area (Å²) in [5, 5.41) is 0. The lowest BCUT2D eigenvalue weighted by molar-refractivity contribution is -0.302. The van der Waals surface area contributed by atoms with Crippen LogP contribution in [-0.4, -0.2) is 40.6 Å². The van der Waals surface area contributed by atoms with Crippen molar-refractivity contribution in [2.24, 2.45) is 0 Å².